The molecule has 0 aromatic carbocycles. The van der Waals surface area contributed by atoms with Gasteiger partial charge in [-0.2, -0.15) is 0 Å². The summed E-state index contributed by atoms with van der Waals surface area (Å²) in [5.74, 6) is 0.619. The van der Waals surface area contributed by atoms with Gasteiger partial charge >= 0.3 is 0 Å². The van der Waals surface area contributed by atoms with Crippen molar-refractivity contribution in [3.05, 3.63) is 40.1 Å². The van der Waals surface area contributed by atoms with Crippen LogP contribution >= 0.6 is 0 Å². The average Bonchev–Trinajstić information content (AvgIpc) is 3.11. The number of amides is 1. The van der Waals surface area contributed by atoms with E-state index >= 15 is 0 Å². The highest BCUT2D eigenvalue weighted by Crippen LogP contribution is 2.58. The van der Waals surface area contributed by atoms with Crippen LogP contribution in [-0.2, 0) is 5.66 Å². The minimum absolute atomic E-state index is 0.154. The van der Waals surface area contributed by atoms with E-state index in [0.29, 0.717) is 23.0 Å². The molecule has 0 bridgehead atoms. The molecule has 2 saturated carbocycles. The van der Waals surface area contributed by atoms with Gasteiger partial charge in [0.2, 0.25) is 0 Å². The number of nitrogens with zero attached hydrogens (tertiary/aromatic N) is 3. The molecule has 2 fully saturated rings. The van der Waals surface area contributed by atoms with Crippen LogP contribution < -0.4 is 21.9 Å². The van der Waals surface area contributed by atoms with Gasteiger partial charge in [0.1, 0.15) is 35.0 Å². The SMILES string of the molecule is Cc1cc(Nc2cc(N)ncn2)c(=O)n2c1C(=O)NC21CCC2(CCC2)C1. The first-order valence-electron chi connectivity index (χ1n) is 9.36. The van der Waals surface area contributed by atoms with Crippen LogP contribution in [0.1, 0.15) is 54.6 Å². The molecule has 5 rings (SSSR count). The first-order chi connectivity index (χ1) is 12.9. The molecule has 4 N–H and O–H groups in total. The number of nitrogens with one attached hydrogen (secondary N) is 2. The quantitative estimate of drug-likeness (QED) is 0.749. The predicted molar refractivity (Wildman–Crippen MR) is 101 cm³/mol. The lowest BCUT2D eigenvalue weighted by atomic mass is 9.67. The summed E-state index contributed by atoms with van der Waals surface area (Å²) in [7, 11) is 0. The van der Waals surface area contributed by atoms with Gasteiger partial charge in [0.15, 0.2) is 0 Å². The molecule has 3 aliphatic rings. The Morgan fingerprint density at radius 2 is 2.00 bits per heavy atom. The highest BCUT2D eigenvalue weighted by atomic mass is 16.2. The number of hydrogen-bond acceptors (Lipinski definition) is 6. The molecule has 0 saturated heterocycles. The number of hydrogen-bond donors (Lipinski definition) is 3. The minimum Gasteiger partial charge on any atom is -0.384 e. The molecule has 1 atom stereocenters. The monoisotopic (exact) mass is 366 g/mol. The molecule has 1 amide bonds. The van der Waals surface area contributed by atoms with E-state index in [-0.39, 0.29) is 16.9 Å². The maximum Gasteiger partial charge on any atom is 0.276 e. The maximum atomic E-state index is 13.4. The highest BCUT2D eigenvalue weighted by Gasteiger charge is 2.56. The van der Waals surface area contributed by atoms with Crippen molar-refractivity contribution in [1.29, 1.82) is 0 Å². The Labute approximate surface area is 156 Å². The van der Waals surface area contributed by atoms with Gasteiger partial charge in [0, 0.05) is 6.07 Å². The minimum atomic E-state index is -0.600. The Morgan fingerprint density at radius 1 is 1.19 bits per heavy atom. The van der Waals surface area contributed by atoms with Gasteiger partial charge in [-0.15, -0.1) is 0 Å². The van der Waals surface area contributed by atoms with E-state index in [4.69, 9.17) is 5.73 Å². The van der Waals surface area contributed by atoms with Gasteiger partial charge in [-0.3, -0.25) is 14.2 Å². The third kappa shape index (κ3) is 2.28. The first-order valence-corrected chi connectivity index (χ1v) is 9.36. The van der Waals surface area contributed by atoms with E-state index in [9.17, 15) is 9.59 Å². The van der Waals surface area contributed by atoms with Crippen LogP contribution in [0.5, 0.6) is 0 Å². The van der Waals surface area contributed by atoms with E-state index < -0.39 is 5.66 Å². The number of aromatic nitrogens is 3. The van der Waals surface area contributed by atoms with Crippen LogP contribution in [0, 0.1) is 12.3 Å². The normalized spacial score (nSPS) is 24.7. The molecule has 2 aromatic rings. The van der Waals surface area contributed by atoms with Crippen molar-refractivity contribution in [2.75, 3.05) is 11.1 Å². The summed E-state index contributed by atoms with van der Waals surface area (Å²) >= 11 is 0. The molecular weight excluding hydrogens is 344 g/mol. The van der Waals surface area contributed by atoms with Crippen molar-refractivity contribution >= 4 is 23.2 Å². The zero-order valence-electron chi connectivity index (χ0n) is 15.2. The molecule has 8 heteroatoms. The lowest BCUT2D eigenvalue weighted by molar-refractivity contribution is 0.0864. The smallest absolute Gasteiger partial charge is 0.276 e. The van der Waals surface area contributed by atoms with Crippen molar-refractivity contribution in [3.8, 4) is 0 Å². The summed E-state index contributed by atoms with van der Waals surface area (Å²) in [6.07, 6.45) is 7.65. The predicted octanol–water partition coefficient (Wildman–Crippen LogP) is 2.02. The van der Waals surface area contributed by atoms with Crippen LogP contribution in [0.2, 0.25) is 0 Å². The van der Waals surface area contributed by atoms with Crippen LogP contribution in [0.4, 0.5) is 17.3 Å². The molecule has 2 aliphatic carbocycles. The van der Waals surface area contributed by atoms with Gasteiger partial charge in [-0.05, 0) is 56.1 Å². The Balaban J connectivity index is 1.61. The van der Waals surface area contributed by atoms with Gasteiger partial charge in [0.25, 0.3) is 11.5 Å². The second-order valence-corrected chi connectivity index (χ2v) is 8.20. The molecule has 140 valence electrons. The Bertz CT molecular complexity index is 1030. The number of nitrogens with two attached hydrogens (primary N) is 1. The Hall–Kier alpha value is -2.90. The number of pyridine rings is 1. The third-order valence-corrected chi connectivity index (χ3v) is 6.48. The largest absolute Gasteiger partial charge is 0.384 e. The fraction of sp³-hybridized carbons (Fsp3) is 0.474. The molecule has 2 spiro atoms. The number of aryl methyl sites for hydroxylation is 1. The summed E-state index contributed by atoms with van der Waals surface area (Å²) in [6, 6.07) is 3.28. The van der Waals surface area contributed by atoms with Gasteiger partial charge < -0.3 is 16.4 Å². The molecule has 2 aromatic heterocycles. The van der Waals surface area contributed by atoms with Crippen LogP contribution in [0.15, 0.2) is 23.3 Å². The third-order valence-electron chi connectivity index (χ3n) is 6.48. The lowest BCUT2D eigenvalue weighted by Crippen LogP contribution is -2.47. The second kappa shape index (κ2) is 5.31. The van der Waals surface area contributed by atoms with Crippen LogP contribution in [0.3, 0.4) is 0 Å². The summed E-state index contributed by atoms with van der Waals surface area (Å²) in [4.78, 5) is 34.0. The fourth-order valence-electron chi connectivity index (χ4n) is 5.10. The lowest BCUT2D eigenvalue weighted by Gasteiger charge is -2.40. The van der Waals surface area contributed by atoms with E-state index in [1.807, 2.05) is 6.92 Å². The topological polar surface area (TPSA) is 115 Å². The zero-order chi connectivity index (χ0) is 18.8. The van der Waals surface area contributed by atoms with Gasteiger partial charge in [-0.25, -0.2) is 9.97 Å². The van der Waals surface area contributed by atoms with Gasteiger partial charge in [0.05, 0.1) is 0 Å². The van der Waals surface area contributed by atoms with Gasteiger partial charge in [-0.1, -0.05) is 6.42 Å². The van der Waals surface area contributed by atoms with E-state index in [1.54, 1.807) is 16.7 Å². The van der Waals surface area contributed by atoms with E-state index in [2.05, 4.69) is 20.6 Å². The summed E-state index contributed by atoms with van der Waals surface area (Å²) in [5, 5.41) is 6.20. The van der Waals surface area contributed by atoms with Crippen LogP contribution in [0.25, 0.3) is 0 Å². The van der Waals surface area contributed by atoms with Crippen molar-refractivity contribution in [2.24, 2.45) is 5.41 Å². The number of fused-ring (bicyclic) bond motifs is 2. The van der Waals surface area contributed by atoms with Crippen molar-refractivity contribution in [1.82, 2.24) is 19.9 Å². The van der Waals surface area contributed by atoms with E-state index in [1.165, 1.54) is 25.6 Å². The Morgan fingerprint density at radius 3 is 2.67 bits per heavy atom. The zero-order valence-corrected chi connectivity index (χ0v) is 15.2. The molecule has 1 aliphatic heterocycles. The first kappa shape index (κ1) is 16.3. The molecular formula is C19H22N6O2. The van der Waals surface area contributed by atoms with Crippen molar-refractivity contribution in [2.45, 2.75) is 51.1 Å². The fourth-order valence-corrected chi connectivity index (χ4v) is 5.10. The summed E-state index contributed by atoms with van der Waals surface area (Å²) in [5.41, 5.74) is 6.82. The summed E-state index contributed by atoms with van der Waals surface area (Å²) < 4.78 is 1.70. The second-order valence-electron chi connectivity index (χ2n) is 8.20. The van der Waals surface area contributed by atoms with Crippen molar-refractivity contribution in [3.63, 3.8) is 0 Å². The molecule has 27 heavy (non-hydrogen) atoms. The Kier molecular flexibility index (Phi) is 3.20. The molecule has 3 heterocycles. The van der Waals surface area contributed by atoms with E-state index in [0.717, 1.165) is 24.8 Å². The average molecular weight is 366 g/mol. The maximum absolute atomic E-state index is 13.4. The summed E-state index contributed by atoms with van der Waals surface area (Å²) in [6.45, 7) is 1.86. The molecule has 8 nitrogen and oxygen atoms in total. The molecule has 1 unspecified atom stereocenters. The van der Waals surface area contributed by atoms with Crippen molar-refractivity contribution < 1.29 is 4.79 Å². The number of anilines is 3. The number of rotatable bonds is 2. The number of nitrogen functional groups attached to an aromatic ring is 1. The number of carbonyl (C=O) groups is 1. The standard InChI is InChI=1S/C19H22N6O2/c1-11-7-12(23-14-8-13(20)21-10-22-14)17(27)25-15(11)16(26)24-19(25)6-5-18(9-19)3-2-4-18/h7-8,10H,2-6,9H2,1H3,(H,24,26)(H3,20,21,22,23). The molecule has 0 radical (unpaired) electrons. The van der Waals surface area contributed by atoms with Crippen LogP contribution in [-0.4, -0.2) is 20.4 Å². The highest BCUT2D eigenvalue weighted by molar-refractivity contribution is 5.97. The number of carbonyl (C=O) groups excluding carboxylic acids is 1.